The summed E-state index contributed by atoms with van der Waals surface area (Å²) in [7, 11) is 1.87. The fourth-order valence-corrected chi connectivity index (χ4v) is 2.71. The molecule has 1 aromatic rings. The van der Waals surface area contributed by atoms with E-state index in [2.05, 4.69) is 17.1 Å². The van der Waals surface area contributed by atoms with Crippen LogP contribution in [0.2, 0.25) is 0 Å². The molecule has 110 valence electrons. The second-order valence-corrected chi connectivity index (χ2v) is 5.43. The molecule has 0 saturated carbocycles. The highest BCUT2D eigenvalue weighted by atomic mass is 16.2. The van der Waals surface area contributed by atoms with Gasteiger partial charge in [0, 0.05) is 38.9 Å². The van der Waals surface area contributed by atoms with Crippen LogP contribution in [0.3, 0.4) is 0 Å². The number of carbonyl (C=O) groups excluding carboxylic acids is 1. The average Bonchev–Trinajstić information content (AvgIpc) is 2.47. The van der Waals surface area contributed by atoms with Crippen molar-refractivity contribution >= 4 is 11.6 Å². The van der Waals surface area contributed by atoms with Crippen LogP contribution in [0.25, 0.3) is 0 Å². The third-order valence-corrected chi connectivity index (χ3v) is 3.87. The molecule has 1 amide bonds. The van der Waals surface area contributed by atoms with Gasteiger partial charge < -0.3 is 10.2 Å². The molecule has 1 fully saturated rings. The number of anilines is 1. The van der Waals surface area contributed by atoms with Crippen LogP contribution >= 0.6 is 0 Å². The molecule has 4 nitrogen and oxygen atoms in total. The van der Waals surface area contributed by atoms with Gasteiger partial charge in [-0.05, 0) is 37.6 Å². The fourth-order valence-electron chi connectivity index (χ4n) is 2.71. The molecule has 1 saturated heterocycles. The largest absolute Gasteiger partial charge is 0.387 e. The van der Waals surface area contributed by atoms with Crippen molar-refractivity contribution in [3.8, 4) is 0 Å². The Balaban J connectivity index is 2.05. The highest BCUT2D eigenvalue weighted by molar-refractivity contribution is 5.99. The minimum absolute atomic E-state index is 0.144. The maximum Gasteiger partial charge on any atom is 0.256 e. The lowest BCUT2D eigenvalue weighted by Gasteiger charge is -2.34. The van der Waals surface area contributed by atoms with E-state index >= 15 is 0 Å². The van der Waals surface area contributed by atoms with Gasteiger partial charge in [-0.15, -0.1) is 0 Å². The van der Waals surface area contributed by atoms with E-state index in [1.54, 1.807) is 0 Å². The smallest absolute Gasteiger partial charge is 0.256 e. The molecule has 1 aliphatic heterocycles. The molecule has 1 aliphatic rings. The van der Waals surface area contributed by atoms with Gasteiger partial charge in [0.1, 0.15) is 0 Å². The molecular weight excluding hydrogens is 250 g/mol. The lowest BCUT2D eigenvalue weighted by atomic mass is 10.1. The van der Waals surface area contributed by atoms with Gasteiger partial charge in [0.25, 0.3) is 5.91 Å². The Morgan fingerprint density at radius 2 is 1.95 bits per heavy atom. The number of aryl methyl sites for hydroxylation is 1. The Bertz CT molecular complexity index is 465. The minimum atomic E-state index is 0.144. The van der Waals surface area contributed by atoms with Crippen LogP contribution in [-0.2, 0) is 0 Å². The van der Waals surface area contributed by atoms with Crippen molar-refractivity contribution in [2.45, 2.75) is 20.3 Å². The van der Waals surface area contributed by atoms with Gasteiger partial charge in [-0.2, -0.15) is 0 Å². The van der Waals surface area contributed by atoms with Gasteiger partial charge in [0.05, 0.1) is 5.56 Å². The van der Waals surface area contributed by atoms with Crippen LogP contribution in [0.15, 0.2) is 18.2 Å². The predicted molar refractivity (Wildman–Crippen MR) is 83.4 cm³/mol. The first-order chi connectivity index (χ1) is 9.65. The van der Waals surface area contributed by atoms with Crippen LogP contribution in [0.5, 0.6) is 0 Å². The SMILES string of the molecule is CCCN1CCN(C(=O)c2ccc(C)cc2NC)CC1. The van der Waals surface area contributed by atoms with E-state index < -0.39 is 0 Å². The second kappa shape index (κ2) is 6.75. The Morgan fingerprint density at radius 1 is 1.25 bits per heavy atom. The fraction of sp³-hybridized carbons (Fsp3) is 0.562. The summed E-state index contributed by atoms with van der Waals surface area (Å²) in [5.41, 5.74) is 2.87. The summed E-state index contributed by atoms with van der Waals surface area (Å²) < 4.78 is 0. The number of piperazine rings is 1. The first-order valence-corrected chi connectivity index (χ1v) is 7.45. The summed E-state index contributed by atoms with van der Waals surface area (Å²) in [6.07, 6.45) is 1.18. The molecule has 1 heterocycles. The minimum Gasteiger partial charge on any atom is -0.387 e. The number of hydrogen-bond donors (Lipinski definition) is 1. The van der Waals surface area contributed by atoms with Crippen molar-refractivity contribution in [1.29, 1.82) is 0 Å². The third-order valence-electron chi connectivity index (χ3n) is 3.87. The van der Waals surface area contributed by atoms with Crippen LogP contribution < -0.4 is 5.32 Å². The highest BCUT2D eigenvalue weighted by Gasteiger charge is 2.23. The molecule has 0 aromatic heterocycles. The zero-order valence-corrected chi connectivity index (χ0v) is 12.8. The molecule has 2 rings (SSSR count). The van der Waals surface area contributed by atoms with E-state index in [1.807, 2.05) is 37.1 Å². The zero-order valence-electron chi connectivity index (χ0n) is 12.8. The molecule has 0 unspecified atom stereocenters. The Hall–Kier alpha value is -1.55. The van der Waals surface area contributed by atoms with E-state index in [1.165, 1.54) is 12.0 Å². The Kier molecular flexibility index (Phi) is 5.01. The lowest BCUT2D eigenvalue weighted by molar-refractivity contribution is 0.0638. The van der Waals surface area contributed by atoms with E-state index in [0.717, 1.165) is 44.0 Å². The van der Waals surface area contributed by atoms with Crippen LogP contribution in [0.4, 0.5) is 5.69 Å². The van der Waals surface area contributed by atoms with Crippen LogP contribution in [-0.4, -0.2) is 55.5 Å². The topological polar surface area (TPSA) is 35.6 Å². The first kappa shape index (κ1) is 14.9. The molecule has 0 spiro atoms. The highest BCUT2D eigenvalue weighted by Crippen LogP contribution is 2.19. The molecule has 0 aliphatic carbocycles. The molecule has 0 atom stereocenters. The third kappa shape index (κ3) is 3.31. The lowest BCUT2D eigenvalue weighted by Crippen LogP contribution is -2.48. The number of hydrogen-bond acceptors (Lipinski definition) is 3. The van der Waals surface area contributed by atoms with Gasteiger partial charge in [0.15, 0.2) is 0 Å². The van der Waals surface area contributed by atoms with Crippen molar-refractivity contribution in [1.82, 2.24) is 9.80 Å². The normalized spacial score (nSPS) is 16.2. The molecule has 1 aromatic carbocycles. The summed E-state index contributed by atoms with van der Waals surface area (Å²) in [5.74, 6) is 0.144. The zero-order chi connectivity index (χ0) is 14.5. The number of benzene rings is 1. The van der Waals surface area contributed by atoms with Gasteiger partial charge >= 0.3 is 0 Å². The number of amides is 1. The Labute approximate surface area is 121 Å². The summed E-state index contributed by atoms with van der Waals surface area (Å²) >= 11 is 0. The van der Waals surface area contributed by atoms with Gasteiger partial charge in [-0.1, -0.05) is 13.0 Å². The molecule has 0 bridgehead atoms. The number of rotatable bonds is 4. The quantitative estimate of drug-likeness (QED) is 0.915. The number of nitrogens with one attached hydrogen (secondary N) is 1. The van der Waals surface area contributed by atoms with Crippen molar-refractivity contribution in [3.63, 3.8) is 0 Å². The van der Waals surface area contributed by atoms with Crippen molar-refractivity contribution in [2.24, 2.45) is 0 Å². The maximum absolute atomic E-state index is 12.6. The Morgan fingerprint density at radius 3 is 2.55 bits per heavy atom. The molecule has 0 radical (unpaired) electrons. The molecule has 20 heavy (non-hydrogen) atoms. The van der Waals surface area contributed by atoms with Crippen LogP contribution in [0.1, 0.15) is 29.3 Å². The summed E-state index contributed by atoms with van der Waals surface area (Å²) in [6.45, 7) is 9.00. The number of carbonyl (C=O) groups is 1. The summed E-state index contributed by atoms with van der Waals surface area (Å²) in [4.78, 5) is 17.0. The monoisotopic (exact) mass is 275 g/mol. The van der Waals surface area contributed by atoms with E-state index in [4.69, 9.17) is 0 Å². The van der Waals surface area contributed by atoms with Crippen LogP contribution in [0, 0.1) is 6.92 Å². The summed E-state index contributed by atoms with van der Waals surface area (Å²) in [5, 5.41) is 3.13. The second-order valence-electron chi connectivity index (χ2n) is 5.43. The van der Waals surface area contributed by atoms with Gasteiger partial charge in [-0.3, -0.25) is 9.69 Å². The van der Waals surface area contributed by atoms with Crippen molar-refractivity contribution in [3.05, 3.63) is 29.3 Å². The molecule has 1 N–H and O–H groups in total. The van der Waals surface area contributed by atoms with Crippen molar-refractivity contribution in [2.75, 3.05) is 45.1 Å². The van der Waals surface area contributed by atoms with Gasteiger partial charge in [0.2, 0.25) is 0 Å². The van der Waals surface area contributed by atoms with E-state index in [9.17, 15) is 4.79 Å². The van der Waals surface area contributed by atoms with E-state index in [0.29, 0.717) is 0 Å². The molecular formula is C16H25N3O. The number of nitrogens with zero attached hydrogens (tertiary/aromatic N) is 2. The maximum atomic E-state index is 12.6. The standard InChI is InChI=1S/C16H25N3O/c1-4-7-18-8-10-19(11-9-18)16(20)14-6-5-13(2)12-15(14)17-3/h5-6,12,17H,4,7-11H2,1-3H3. The molecule has 4 heteroatoms. The van der Waals surface area contributed by atoms with E-state index in [-0.39, 0.29) is 5.91 Å². The average molecular weight is 275 g/mol. The first-order valence-electron chi connectivity index (χ1n) is 7.45. The predicted octanol–water partition coefficient (Wildman–Crippen LogP) is 2.20. The summed E-state index contributed by atoms with van der Waals surface area (Å²) in [6, 6.07) is 5.96. The van der Waals surface area contributed by atoms with Gasteiger partial charge in [-0.25, -0.2) is 0 Å². The van der Waals surface area contributed by atoms with Crippen molar-refractivity contribution < 1.29 is 4.79 Å².